The molecule has 0 saturated heterocycles. The number of aryl methyl sites for hydroxylation is 2. The standard InChI is InChI=1S/C21H23BrN4O.ClH/c1-5-26(6-2)21(27)17-12-23-20-16(9-7-14(4)24-20)19(17)25-15-8-10-18(22)13(3)11-15;/h7-12H,5-6H2,1-4H3,(H,23,24,25);1H. The van der Waals surface area contributed by atoms with E-state index in [1.54, 1.807) is 11.1 Å². The van der Waals surface area contributed by atoms with Gasteiger partial charge in [-0.25, -0.2) is 9.97 Å². The molecule has 0 radical (unpaired) electrons. The van der Waals surface area contributed by atoms with E-state index in [-0.39, 0.29) is 18.3 Å². The van der Waals surface area contributed by atoms with Gasteiger partial charge in [-0.2, -0.15) is 0 Å². The molecule has 2 aromatic heterocycles. The van der Waals surface area contributed by atoms with Crippen LogP contribution >= 0.6 is 28.3 Å². The number of nitrogens with one attached hydrogen (secondary N) is 1. The molecular weight excluding hydrogens is 440 g/mol. The molecule has 0 fully saturated rings. The Morgan fingerprint density at radius 2 is 1.86 bits per heavy atom. The van der Waals surface area contributed by atoms with Crippen LogP contribution in [0.1, 0.15) is 35.5 Å². The normalized spacial score (nSPS) is 10.5. The van der Waals surface area contributed by atoms with E-state index in [0.717, 1.165) is 32.5 Å². The minimum Gasteiger partial charge on any atom is -0.354 e. The SMILES string of the molecule is CCN(CC)C(=O)c1cnc2nc(C)ccc2c1Nc1ccc(Br)c(C)c1.Cl. The van der Waals surface area contributed by atoms with Crippen LogP contribution in [0.5, 0.6) is 0 Å². The summed E-state index contributed by atoms with van der Waals surface area (Å²) in [5.74, 6) is -0.0358. The molecule has 0 atom stereocenters. The predicted molar refractivity (Wildman–Crippen MR) is 121 cm³/mol. The number of carbonyl (C=O) groups excluding carboxylic acids is 1. The Morgan fingerprint density at radius 1 is 1.14 bits per heavy atom. The number of benzene rings is 1. The van der Waals surface area contributed by atoms with Gasteiger partial charge in [0.2, 0.25) is 0 Å². The number of nitrogens with zero attached hydrogens (tertiary/aromatic N) is 3. The number of rotatable bonds is 5. The molecule has 0 bridgehead atoms. The molecule has 2 heterocycles. The fourth-order valence-corrected chi connectivity index (χ4v) is 3.26. The molecule has 0 aliphatic heterocycles. The third-order valence-corrected chi connectivity index (χ3v) is 5.47. The largest absolute Gasteiger partial charge is 0.354 e. The summed E-state index contributed by atoms with van der Waals surface area (Å²) in [6, 6.07) is 9.93. The van der Waals surface area contributed by atoms with E-state index in [4.69, 9.17) is 0 Å². The Labute approximate surface area is 180 Å². The number of anilines is 2. The molecule has 0 spiro atoms. The van der Waals surface area contributed by atoms with Crippen molar-refractivity contribution in [1.82, 2.24) is 14.9 Å². The topological polar surface area (TPSA) is 58.1 Å². The molecule has 3 aromatic rings. The lowest BCUT2D eigenvalue weighted by molar-refractivity contribution is 0.0774. The van der Waals surface area contributed by atoms with E-state index < -0.39 is 0 Å². The summed E-state index contributed by atoms with van der Waals surface area (Å²) in [6.07, 6.45) is 1.63. The Hall–Kier alpha value is -2.18. The van der Waals surface area contributed by atoms with Crippen molar-refractivity contribution in [3.8, 4) is 0 Å². The summed E-state index contributed by atoms with van der Waals surface area (Å²) < 4.78 is 1.05. The second-order valence-electron chi connectivity index (χ2n) is 6.44. The lowest BCUT2D eigenvalue weighted by atomic mass is 10.1. The first-order valence-electron chi connectivity index (χ1n) is 9.03. The van der Waals surface area contributed by atoms with Crippen LogP contribution < -0.4 is 5.32 Å². The van der Waals surface area contributed by atoms with Gasteiger partial charge in [-0.15, -0.1) is 12.4 Å². The highest BCUT2D eigenvalue weighted by Gasteiger charge is 2.20. The zero-order chi connectivity index (χ0) is 19.6. The van der Waals surface area contributed by atoms with Gasteiger partial charge < -0.3 is 10.2 Å². The van der Waals surface area contributed by atoms with Gasteiger partial charge >= 0.3 is 0 Å². The van der Waals surface area contributed by atoms with Gasteiger partial charge in [0, 0.05) is 40.5 Å². The number of aromatic nitrogens is 2. The lowest BCUT2D eigenvalue weighted by Gasteiger charge is -2.21. The Kier molecular flexibility index (Phi) is 7.38. The molecule has 1 amide bonds. The Bertz CT molecular complexity index is 1010. The molecule has 3 rings (SSSR count). The van der Waals surface area contributed by atoms with Gasteiger partial charge in [0.1, 0.15) is 0 Å². The first-order valence-corrected chi connectivity index (χ1v) is 9.82. The maximum absolute atomic E-state index is 13.1. The zero-order valence-electron chi connectivity index (χ0n) is 16.4. The lowest BCUT2D eigenvalue weighted by Crippen LogP contribution is -2.31. The van der Waals surface area contributed by atoms with Crippen molar-refractivity contribution < 1.29 is 4.79 Å². The van der Waals surface area contributed by atoms with Crippen LogP contribution in [0.15, 0.2) is 41.0 Å². The maximum atomic E-state index is 13.1. The molecule has 28 heavy (non-hydrogen) atoms. The van der Waals surface area contributed by atoms with E-state index in [9.17, 15) is 4.79 Å². The number of hydrogen-bond acceptors (Lipinski definition) is 4. The van der Waals surface area contributed by atoms with Crippen LogP contribution in [-0.2, 0) is 0 Å². The second kappa shape index (κ2) is 9.34. The third-order valence-electron chi connectivity index (χ3n) is 4.58. The molecular formula is C21H24BrClN4O. The summed E-state index contributed by atoms with van der Waals surface area (Å²) in [6.45, 7) is 9.22. The predicted octanol–water partition coefficient (Wildman–Crippen LogP) is 5.66. The zero-order valence-corrected chi connectivity index (χ0v) is 18.8. The summed E-state index contributed by atoms with van der Waals surface area (Å²) in [7, 11) is 0. The summed E-state index contributed by atoms with van der Waals surface area (Å²) >= 11 is 3.53. The monoisotopic (exact) mass is 462 g/mol. The van der Waals surface area contributed by atoms with Gasteiger partial charge in [-0.05, 0) is 63.6 Å². The van der Waals surface area contributed by atoms with Gasteiger partial charge in [0.15, 0.2) is 5.65 Å². The van der Waals surface area contributed by atoms with E-state index in [2.05, 4.69) is 31.2 Å². The summed E-state index contributed by atoms with van der Waals surface area (Å²) in [4.78, 5) is 23.8. The van der Waals surface area contributed by atoms with Crippen LogP contribution in [0, 0.1) is 13.8 Å². The maximum Gasteiger partial charge on any atom is 0.257 e. The van der Waals surface area contributed by atoms with Crippen molar-refractivity contribution in [1.29, 1.82) is 0 Å². The minimum atomic E-state index is -0.0358. The van der Waals surface area contributed by atoms with Gasteiger partial charge in [0.05, 0.1) is 11.3 Å². The number of halogens is 2. The quantitative estimate of drug-likeness (QED) is 0.530. The highest BCUT2D eigenvalue weighted by atomic mass is 79.9. The molecule has 1 N–H and O–H groups in total. The molecule has 0 aliphatic carbocycles. The number of carbonyl (C=O) groups is 1. The summed E-state index contributed by atoms with van der Waals surface area (Å²) in [5.41, 5.74) is 4.84. The molecule has 1 aromatic carbocycles. The van der Waals surface area contributed by atoms with Crippen LogP contribution in [0.2, 0.25) is 0 Å². The van der Waals surface area contributed by atoms with Gasteiger partial charge in [-0.3, -0.25) is 4.79 Å². The number of fused-ring (bicyclic) bond motifs is 1. The molecule has 7 heteroatoms. The smallest absolute Gasteiger partial charge is 0.257 e. The molecule has 0 saturated carbocycles. The first-order chi connectivity index (χ1) is 12.9. The van der Waals surface area contributed by atoms with Crippen LogP contribution in [0.4, 0.5) is 11.4 Å². The van der Waals surface area contributed by atoms with Gasteiger partial charge in [0.25, 0.3) is 5.91 Å². The average Bonchev–Trinajstić information content (AvgIpc) is 2.65. The fourth-order valence-electron chi connectivity index (χ4n) is 3.02. The fraction of sp³-hybridized carbons (Fsp3) is 0.286. The second-order valence-corrected chi connectivity index (χ2v) is 7.29. The highest BCUT2D eigenvalue weighted by Crippen LogP contribution is 2.31. The van der Waals surface area contributed by atoms with Crippen LogP contribution in [0.25, 0.3) is 11.0 Å². The van der Waals surface area contributed by atoms with E-state index in [1.165, 1.54) is 0 Å². The van der Waals surface area contributed by atoms with Gasteiger partial charge in [-0.1, -0.05) is 15.9 Å². The van der Waals surface area contributed by atoms with Crippen molar-refractivity contribution in [3.63, 3.8) is 0 Å². The average molecular weight is 464 g/mol. The van der Waals surface area contributed by atoms with Crippen molar-refractivity contribution in [2.75, 3.05) is 18.4 Å². The van der Waals surface area contributed by atoms with E-state index in [1.807, 2.05) is 58.0 Å². The van der Waals surface area contributed by atoms with E-state index >= 15 is 0 Å². The molecule has 5 nitrogen and oxygen atoms in total. The first kappa shape index (κ1) is 22.1. The third kappa shape index (κ3) is 4.45. The van der Waals surface area contributed by atoms with Crippen molar-refractivity contribution in [2.24, 2.45) is 0 Å². The molecule has 148 valence electrons. The Morgan fingerprint density at radius 3 is 2.50 bits per heavy atom. The van der Waals surface area contributed by atoms with Crippen molar-refractivity contribution in [2.45, 2.75) is 27.7 Å². The summed E-state index contributed by atoms with van der Waals surface area (Å²) in [5, 5.41) is 4.27. The molecule has 0 unspecified atom stereocenters. The number of hydrogen-bond donors (Lipinski definition) is 1. The number of amides is 1. The Balaban J connectivity index is 0.00000280. The highest BCUT2D eigenvalue weighted by molar-refractivity contribution is 9.10. The van der Waals surface area contributed by atoms with Crippen molar-refractivity contribution >= 4 is 56.7 Å². The van der Waals surface area contributed by atoms with E-state index in [0.29, 0.717) is 24.3 Å². The molecule has 0 aliphatic rings. The minimum absolute atomic E-state index is 0. The van der Waals surface area contributed by atoms with Crippen molar-refractivity contribution in [3.05, 3.63) is 57.8 Å². The number of pyridine rings is 2. The van der Waals surface area contributed by atoms with Crippen LogP contribution in [-0.4, -0.2) is 33.9 Å². The van der Waals surface area contributed by atoms with Crippen LogP contribution in [0.3, 0.4) is 0 Å².